The molecule has 3 atom stereocenters. The van der Waals surface area contributed by atoms with Gasteiger partial charge in [0.2, 0.25) is 5.91 Å². The van der Waals surface area contributed by atoms with Crippen molar-refractivity contribution in [2.24, 2.45) is 5.92 Å². The lowest BCUT2D eigenvalue weighted by atomic mass is 9.85. The largest absolute Gasteiger partial charge is 0.351 e. The zero-order valence-electron chi connectivity index (χ0n) is 15.2. The number of likely N-dealkylation sites (tertiary alicyclic amines) is 1. The van der Waals surface area contributed by atoms with E-state index in [1.807, 2.05) is 0 Å². The van der Waals surface area contributed by atoms with Crippen molar-refractivity contribution in [3.05, 3.63) is 35.4 Å². The predicted molar refractivity (Wildman–Crippen MR) is 100 cm³/mol. The average Bonchev–Trinajstić information content (AvgIpc) is 3.30. The molecule has 2 saturated heterocycles. The van der Waals surface area contributed by atoms with Gasteiger partial charge in [0.05, 0.1) is 6.04 Å². The summed E-state index contributed by atoms with van der Waals surface area (Å²) in [5, 5.41) is 6.78. The molecule has 25 heavy (non-hydrogen) atoms. The maximum Gasteiger partial charge on any atom is 0.237 e. The number of carbonyl (C=O) groups is 1. The molecule has 3 unspecified atom stereocenters. The summed E-state index contributed by atoms with van der Waals surface area (Å²) in [6.07, 6.45) is 8.83. The molecule has 0 aromatic heterocycles. The molecule has 0 bridgehead atoms. The van der Waals surface area contributed by atoms with E-state index in [-0.39, 0.29) is 11.9 Å². The molecule has 2 aliphatic heterocycles. The topological polar surface area (TPSA) is 44.4 Å². The van der Waals surface area contributed by atoms with E-state index in [0.29, 0.717) is 18.5 Å². The van der Waals surface area contributed by atoms with Gasteiger partial charge in [0.1, 0.15) is 0 Å². The van der Waals surface area contributed by atoms with Crippen LogP contribution in [0, 0.1) is 5.92 Å². The summed E-state index contributed by atoms with van der Waals surface area (Å²) in [4.78, 5) is 15.2. The average molecular weight is 341 g/mol. The smallest absolute Gasteiger partial charge is 0.237 e. The predicted octanol–water partition coefficient (Wildman–Crippen LogP) is 2.82. The van der Waals surface area contributed by atoms with Crippen molar-refractivity contribution in [1.29, 1.82) is 0 Å². The van der Waals surface area contributed by atoms with E-state index in [0.717, 1.165) is 13.0 Å². The molecular weight excluding hydrogens is 310 g/mol. The van der Waals surface area contributed by atoms with Crippen LogP contribution in [-0.2, 0) is 17.9 Å². The lowest BCUT2D eigenvalue weighted by Crippen LogP contribution is -2.43. The van der Waals surface area contributed by atoms with Crippen molar-refractivity contribution in [2.45, 2.75) is 70.1 Å². The highest BCUT2D eigenvalue weighted by Crippen LogP contribution is 2.33. The molecule has 4 rings (SSSR count). The third kappa shape index (κ3) is 4.06. The fourth-order valence-corrected chi connectivity index (χ4v) is 4.89. The second-order valence-electron chi connectivity index (χ2n) is 8.08. The van der Waals surface area contributed by atoms with E-state index in [4.69, 9.17) is 0 Å². The Morgan fingerprint density at radius 3 is 2.64 bits per heavy atom. The van der Waals surface area contributed by atoms with E-state index in [1.165, 1.54) is 62.7 Å². The van der Waals surface area contributed by atoms with Gasteiger partial charge in [0, 0.05) is 19.1 Å². The molecule has 1 saturated carbocycles. The van der Waals surface area contributed by atoms with Crippen LogP contribution in [0.3, 0.4) is 0 Å². The standard InChI is InChI=1S/C21H31N3O/c25-21(20-13-16-7-3-4-10-19(16)23-20)22-14-17-8-1-2-9-18(17)15-24-11-5-6-12-24/h1-2,8-9,16,19-20,23H,3-7,10-15H2,(H,22,25). The molecule has 2 N–H and O–H groups in total. The minimum absolute atomic E-state index is 0.0128. The van der Waals surface area contributed by atoms with Gasteiger partial charge in [-0.15, -0.1) is 0 Å². The van der Waals surface area contributed by atoms with Gasteiger partial charge in [-0.25, -0.2) is 0 Å². The number of carbonyl (C=O) groups excluding carboxylic acids is 1. The molecule has 4 nitrogen and oxygen atoms in total. The molecule has 0 radical (unpaired) electrons. The molecule has 3 fully saturated rings. The number of rotatable bonds is 5. The molecule has 1 aliphatic carbocycles. The normalized spacial score (nSPS) is 29.5. The van der Waals surface area contributed by atoms with Crippen LogP contribution in [0.2, 0.25) is 0 Å². The number of hydrogen-bond donors (Lipinski definition) is 2. The van der Waals surface area contributed by atoms with Gasteiger partial charge in [0.15, 0.2) is 0 Å². The van der Waals surface area contributed by atoms with Crippen molar-refractivity contribution in [3.8, 4) is 0 Å². The van der Waals surface area contributed by atoms with Crippen LogP contribution in [0.25, 0.3) is 0 Å². The summed E-state index contributed by atoms with van der Waals surface area (Å²) in [5.74, 6) is 0.900. The molecule has 4 heteroatoms. The second kappa shape index (κ2) is 7.88. The third-order valence-electron chi connectivity index (χ3n) is 6.34. The molecule has 3 aliphatic rings. The second-order valence-corrected chi connectivity index (χ2v) is 8.08. The number of nitrogens with zero attached hydrogens (tertiary/aromatic N) is 1. The van der Waals surface area contributed by atoms with E-state index < -0.39 is 0 Å². The molecule has 2 heterocycles. The Bertz CT molecular complexity index is 583. The van der Waals surface area contributed by atoms with Gasteiger partial charge in [-0.2, -0.15) is 0 Å². The minimum atomic E-state index is 0.0128. The highest BCUT2D eigenvalue weighted by molar-refractivity contribution is 5.82. The van der Waals surface area contributed by atoms with Gasteiger partial charge >= 0.3 is 0 Å². The van der Waals surface area contributed by atoms with Crippen LogP contribution in [0.15, 0.2) is 24.3 Å². The fraction of sp³-hybridized carbons (Fsp3) is 0.667. The maximum absolute atomic E-state index is 12.6. The van der Waals surface area contributed by atoms with Crippen LogP contribution in [-0.4, -0.2) is 36.0 Å². The van der Waals surface area contributed by atoms with E-state index in [9.17, 15) is 4.79 Å². The van der Waals surface area contributed by atoms with Gasteiger partial charge in [0.25, 0.3) is 0 Å². The van der Waals surface area contributed by atoms with Crippen LogP contribution in [0.5, 0.6) is 0 Å². The van der Waals surface area contributed by atoms with Gasteiger partial charge < -0.3 is 10.6 Å². The zero-order chi connectivity index (χ0) is 17.1. The Morgan fingerprint density at radius 2 is 1.84 bits per heavy atom. The van der Waals surface area contributed by atoms with Crippen LogP contribution >= 0.6 is 0 Å². The van der Waals surface area contributed by atoms with Gasteiger partial charge in [-0.05, 0) is 62.2 Å². The summed E-state index contributed by atoms with van der Waals surface area (Å²) in [7, 11) is 0. The molecule has 0 spiro atoms. The Hall–Kier alpha value is -1.39. The first-order valence-electron chi connectivity index (χ1n) is 10.1. The van der Waals surface area contributed by atoms with Crippen molar-refractivity contribution in [3.63, 3.8) is 0 Å². The van der Waals surface area contributed by atoms with E-state index >= 15 is 0 Å². The SMILES string of the molecule is O=C(NCc1ccccc1CN1CCCC1)C1CC2CCCCC2N1. The van der Waals surface area contributed by atoms with Crippen molar-refractivity contribution in [1.82, 2.24) is 15.5 Å². The minimum Gasteiger partial charge on any atom is -0.351 e. The maximum atomic E-state index is 12.6. The molecule has 1 aromatic rings. The number of nitrogens with one attached hydrogen (secondary N) is 2. The number of hydrogen-bond acceptors (Lipinski definition) is 3. The first-order valence-corrected chi connectivity index (χ1v) is 10.1. The van der Waals surface area contributed by atoms with Crippen molar-refractivity contribution >= 4 is 5.91 Å². The Kier molecular flexibility index (Phi) is 5.37. The van der Waals surface area contributed by atoms with Crippen molar-refractivity contribution in [2.75, 3.05) is 13.1 Å². The number of fused-ring (bicyclic) bond motifs is 1. The highest BCUT2D eigenvalue weighted by Gasteiger charge is 2.38. The Balaban J connectivity index is 1.32. The molecular formula is C21H31N3O. The van der Waals surface area contributed by atoms with E-state index in [2.05, 4.69) is 39.8 Å². The number of benzene rings is 1. The summed E-state index contributed by atoms with van der Waals surface area (Å²) in [5.41, 5.74) is 2.62. The lowest BCUT2D eigenvalue weighted by Gasteiger charge is -2.24. The van der Waals surface area contributed by atoms with Crippen molar-refractivity contribution < 1.29 is 4.79 Å². The zero-order valence-corrected chi connectivity index (χ0v) is 15.2. The number of amides is 1. The molecule has 1 aromatic carbocycles. The fourth-order valence-electron chi connectivity index (χ4n) is 4.89. The van der Waals surface area contributed by atoms with Crippen LogP contribution in [0.4, 0.5) is 0 Å². The monoisotopic (exact) mass is 341 g/mol. The summed E-state index contributed by atoms with van der Waals surface area (Å²) >= 11 is 0. The van der Waals surface area contributed by atoms with Gasteiger partial charge in [-0.1, -0.05) is 37.1 Å². The quantitative estimate of drug-likeness (QED) is 0.866. The van der Waals surface area contributed by atoms with Crippen LogP contribution in [0.1, 0.15) is 56.1 Å². The first kappa shape index (κ1) is 17.0. The van der Waals surface area contributed by atoms with Gasteiger partial charge in [-0.3, -0.25) is 9.69 Å². The first-order chi connectivity index (χ1) is 12.3. The third-order valence-corrected chi connectivity index (χ3v) is 6.34. The Morgan fingerprint density at radius 1 is 1.08 bits per heavy atom. The van der Waals surface area contributed by atoms with Crippen LogP contribution < -0.4 is 10.6 Å². The molecule has 136 valence electrons. The molecule has 1 amide bonds. The summed E-state index contributed by atoms with van der Waals surface area (Å²) in [6, 6.07) is 9.15. The van der Waals surface area contributed by atoms with E-state index in [1.54, 1.807) is 0 Å². The lowest BCUT2D eigenvalue weighted by molar-refractivity contribution is -0.123. The summed E-state index contributed by atoms with van der Waals surface area (Å²) < 4.78 is 0. The summed E-state index contributed by atoms with van der Waals surface area (Å²) in [6.45, 7) is 4.07. The highest BCUT2D eigenvalue weighted by atomic mass is 16.2. The Labute approximate surface area is 151 Å².